The number of halogens is 2. The van der Waals surface area contributed by atoms with Gasteiger partial charge in [-0.25, -0.2) is 8.78 Å². The Morgan fingerprint density at radius 1 is 1.35 bits per heavy atom. The van der Waals surface area contributed by atoms with Gasteiger partial charge in [-0.05, 0) is 18.9 Å². The predicted octanol–water partition coefficient (Wildman–Crippen LogP) is 1.83. The molecule has 0 spiro atoms. The van der Waals surface area contributed by atoms with Crippen molar-refractivity contribution in [3.05, 3.63) is 35.4 Å². The SMILES string of the molecule is O=C(O)[C@H]1CCCN(C(=O)Cc2cccc(F)c2F)C1. The molecule has 1 saturated heterocycles. The van der Waals surface area contributed by atoms with Gasteiger partial charge in [-0.2, -0.15) is 0 Å². The number of carbonyl (C=O) groups is 2. The Bertz CT molecular complexity index is 533. The van der Waals surface area contributed by atoms with E-state index in [1.54, 1.807) is 0 Å². The summed E-state index contributed by atoms with van der Waals surface area (Å²) in [5.41, 5.74) is -0.00699. The summed E-state index contributed by atoms with van der Waals surface area (Å²) in [6, 6.07) is 3.69. The molecule has 1 atom stereocenters. The van der Waals surface area contributed by atoms with Crippen LogP contribution in [-0.4, -0.2) is 35.0 Å². The number of rotatable bonds is 3. The number of benzene rings is 1. The Morgan fingerprint density at radius 2 is 2.10 bits per heavy atom. The van der Waals surface area contributed by atoms with Crippen LogP contribution in [0.15, 0.2) is 18.2 Å². The van der Waals surface area contributed by atoms with E-state index in [1.807, 2.05) is 0 Å². The monoisotopic (exact) mass is 283 g/mol. The molecule has 1 heterocycles. The second kappa shape index (κ2) is 5.98. The molecule has 1 fully saturated rings. The van der Waals surface area contributed by atoms with Crippen LogP contribution in [0.4, 0.5) is 8.78 Å². The molecule has 108 valence electrons. The van der Waals surface area contributed by atoms with Gasteiger partial charge in [-0.15, -0.1) is 0 Å². The lowest BCUT2D eigenvalue weighted by atomic mass is 9.97. The molecule has 4 nitrogen and oxygen atoms in total. The molecule has 20 heavy (non-hydrogen) atoms. The van der Waals surface area contributed by atoms with E-state index >= 15 is 0 Å². The molecule has 1 aromatic rings. The minimum atomic E-state index is -1.02. The number of aliphatic carboxylic acids is 1. The fraction of sp³-hybridized carbons (Fsp3) is 0.429. The molecule has 0 bridgehead atoms. The number of carboxylic acid groups (broad SMARTS) is 1. The molecular weight excluding hydrogens is 268 g/mol. The van der Waals surface area contributed by atoms with Crippen molar-refractivity contribution in [2.75, 3.05) is 13.1 Å². The van der Waals surface area contributed by atoms with Crippen molar-refractivity contribution in [3.8, 4) is 0 Å². The number of carboxylic acids is 1. The Balaban J connectivity index is 2.04. The van der Waals surface area contributed by atoms with Crippen LogP contribution in [0.3, 0.4) is 0 Å². The molecule has 0 radical (unpaired) electrons. The van der Waals surface area contributed by atoms with Gasteiger partial charge in [0.1, 0.15) is 0 Å². The zero-order valence-corrected chi connectivity index (χ0v) is 10.8. The quantitative estimate of drug-likeness (QED) is 0.920. The van der Waals surface area contributed by atoms with Gasteiger partial charge >= 0.3 is 5.97 Å². The third kappa shape index (κ3) is 3.12. The van der Waals surface area contributed by atoms with Crippen molar-refractivity contribution >= 4 is 11.9 Å². The van der Waals surface area contributed by atoms with E-state index in [-0.39, 0.29) is 24.4 Å². The fourth-order valence-electron chi connectivity index (χ4n) is 2.36. The van der Waals surface area contributed by atoms with Crippen LogP contribution in [0.1, 0.15) is 18.4 Å². The summed E-state index contributed by atoms with van der Waals surface area (Å²) in [5, 5.41) is 8.96. The van der Waals surface area contributed by atoms with Crippen molar-refractivity contribution in [2.45, 2.75) is 19.3 Å². The first-order valence-electron chi connectivity index (χ1n) is 6.42. The first kappa shape index (κ1) is 14.4. The molecule has 0 saturated carbocycles. The Kier molecular flexibility index (Phi) is 4.32. The smallest absolute Gasteiger partial charge is 0.308 e. The van der Waals surface area contributed by atoms with Crippen LogP contribution >= 0.6 is 0 Å². The Labute approximate surface area is 115 Å². The lowest BCUT2D eigenvalue weighted by Gasteiger charge is -2.30. The van der Waals surface area contributed by atoms with Gasteiger partial charge in [-0.3, -0.25) is 9.59 Å². The van der Waals surface area contributed by atoms with E-state index in [9.17, 15) is 18.4 Å². The van der Waals surface area contributed by atoms with Gasteiger partial charge in [0.2, 0.25) is 5.91 Å². The van der Waals surface area contributed by atoms with Crippen molar-refractivity contribution in [1.29, 1.82) is 0 Å². The first-order chi connectivity index (χ1) is 9.49. The van der Waals surface area contributed by atoms with E-state index in [0.717, 1.165) is 6.07 Å². The number of hydrogen-bond donors (Lipinski definition) is 1. The largest absolute Gasteiger partial charge is 0.481 e. The average molecular weight is 283 g/mol. The summed E-state index contributed by atoms with van der Waals surface area (Å²) in [7, 11) is 0. The van der Waals surface area contributed by atoms with Crippen molar-refractivity contribution in [1.82, 2.24) is 4.90 Å². The highest BCUT2D eigenvalue weighted by molar-refractivity contribution is 5.80. The minimum absolute atomic E-state index is 0.00699. The molecular formula is C14H15F2NO3. The second-order valence-corrected chi connectivity index (χ2v) is 4.91. The van der Waals surface area contributed by atoms with Crippen LogP contribution in [0, 0.1) is 17.6 Å². The normalized spacial score (nSPS) is 18.9. The molecule has 0 unspecified atom stereocenters. The molecule has 1 aliphatic rings. The van der Waals surface area contributed by atoms with Crippen LogP contribution in [-0.2, 0) is 16.0 Å². The lowest BCUT2D eigenvalue weighted by Crippen LogP contribution is -2.43. The zero-order chi connectivity index (χ0) is 14.7. The molecule has 2 rings (SSSR count). The molecule has 1 N–H and O–H groups in total. The average Bonchev–Trinajstić information content (AvgIpc) is 2.44. The van der Waals surface area contributed by atoms with E-state index in [2.05, 4.69) is 0 Å². The van der Waals surface area contributed by atoms with E-state index < -0.39 is 23.5 Å². The number of hydrogen-bond acceptors (Lipinski definition) is 2. The van der Waals surface area contributed by atoms with Crippen LogP contribution in [0.2, 0.25) is 0 Å². The summed E-state index contributed by atoms with van der Waals surface area (Å²) in [5.74, 6) is -3.89. The topological polar surface area (TPSA) is 57.6 Å². The van der Waals surface area contributed by atoms with Gasteiger partial charge in [0.25, 0.3) is 0 Å². The van der Waals surface area contributed by atoms with Gasteiger partial charge in [0.15, 0.2) is 11.6 Å². The summed E-state index contributed by atoms with van der Waals surface area (Å²) < 4.78 is 26.6. The number of nitrogens with zero attached hydrogens (tertiary/aromatic N) is 1. The molecule has 0 aliphatic carbocycles. The highest BCUT2D eigenvalue weighted by Crippen LogP contribution is 2.19. The fourth-order valence-corrected chi connectivity index (χ4v) is 2.36. The standard InChI is InChI=1S/C14H15F2NO3/c15-11-5-1-3-9(13(11)16)7-12(18)17-6-2-4-10(8-17)14(19)20/h1,3,5,10H,2,4,6-8H2,(H,19,20)/t10-/m0/s1. The van der Waals surface area contributed by atoms with Crippen molar-refractivity contribution in [3.63, 3.8) is 0 Å². The summed E-state index contributed by atoms with van der Waals surface area (Å²) in [6.45, 7) is 0.588. The summed E-state index contributed by atoms with van der Waals surface area (Å²) >= 11 is 0. The van der Waals surface area contributed by atoms with Crippen LogP contribution in [0.5, 0.6) is 0 Å². The van der Waals surface area contributed by atoms with Crippen molar-refractivity contribution in [2.24, 2.45) is 5.92 Å². The number of likely N-dealkylation sites (tertiary alicyclic amines) is 1. The number of amides is 1. The maximum Gasteiger partial charge on any atom is 0.308 e. The van der Waals surface area contributed by atoms with Crippen LogP contribution < -0.4 is 0 Å². The maximum atomic E-state index is 13.5. The van der Waals surface area contributed by atoms with Gasteiger partial charge in [0, 0.05) is 18.7 Å². The second-order valence-electron chi connectivity index (χ2n) is 4.91. The van der Waals surface area contributed by atoms with E-state index in [4.69, 9.17) is 5.11 Å². The summed E-state index contributed by atoms with van der Waals surface area (Å²) in [6.07, 6.45) is 0.887. The maximum absolute atomic E-state index is 13.5. The van der Waals surface area contributed by atoms with E-state index in [1.165, 1.54) is 17.0 Å². The molecule has 6 heteroatoms. The van der Waals surface area contributed by atoms with Gasteiger partial charge < -0.3 is 10.0 Å². The Hall–Kier alpha value is -1.98. The highest BCUT2D eigenvalue weighted by atomic mass is 19.2. The highest BCUT2D eigenvalue weighted by Gasteiger charge is 2.28. The van der Waals surface area contributed by atoms with Crippen molar-refractivity contribution < 1.29 is 23.5 Å². The number of piperidine rings is 1. The first-order valence-corrected chi connectivity index (χ1v) is 6.42. The number of carbonyl (C=O) groups excluding carboxylic acids is 1. The molecule has 0 aromatic heterocycles. The third-order valence-corrected chi connectivity index (χ3v) is 3.50. The van der Waals surface area contributed by atoms with Gasteiger partial charge in [0.05, 0.1) is 12.3 Å². The molecule has 1 aliphatic heterocycles. The predicted molar refractivity (Wildman–Crippen MR) is 67.0 cm³/mol. The molecule has 1 aromatic carbocycles. The zero-order valence-electron chi connectivity index (χ0n) is 10.8. The minimum Gasteiger partial charge on any atom is -0.481 e. The molecule has 1 amide bonds. The van der Waals surface area contributed by atoms with Crippen LogP contribution in [0.25, 0.3) is 0 Å². The van der Waals surface area contributed by atoms with Gasteiger partial charge in [-0.1, -0.05) is 12.1 Å². The lowest BCUT2D eigenvalue weighted by molar-refractivity contribution is -0.145. The summed E-state index contributed by atoms with van der Waals surface area (Å²) in [4.78, 5) is 24.4. The van der Waals surface area contributed by atoms with E-state index in [0.29, 0.717) is 19.4 Å². The Morgan fingerprint density at radius 3 is 2.80 bits per heavy atom. The third-order valence-electron chi connectivity index (χ3n) is 3.50.